The van der Waals surface area contributed by atoms with Crippen molar-refractivity contribution >= 4 is 52.9 Å². The molecule has 326 valence electrons. The standard InChI is InChI=1S/C47H55N7O8/c1-31(2)40(50-46(59)61-3)44(57)53-27-11-17-38(53)42(55)48-35-23-19-32(20-24-35)29-52(37-15-9-6-10-16-37)30-33-21-25-36(26-22-33)49-43(56)39-18-12-28-54(39)45(58)41(51-47(60)62-4)34-13-7-5-8-14-34/h5-10,13-16,19-26,31,38-41H,11-12,17-18,27-30H2,1-4H3,(H,48,55)(H,49,56)(H,50,59)(H,51,60). The van der Waals surface area contributed by atoms with Crippen LogP contribution in [0.25, 0.3) is 0 Å². The van der Waals surface area contributed by atoms with Gasteiger partial charge in [0.05, 0.1) is 14.2 Å². The number of carbonyl (C=O) groups excluding carboxylic acids is 6. The number of para-hydroxylation sites is 1. The summed E-state index contributed by atoms with van der Waals surface area (Å²) >= 11 is 0. The summed E-state index contributed by atoms with van der Waals surface area (Å²) in [5.74, 6) is -1.48. The Morgan fingerprint density at radius 1 is 0.613 bits per heavy atom. The fourth-order valence-electron chi connectivity index (χ4n) is 7.92. The topological polar surface area (TPSA) is 179 Å². The zero-order chi connectivity index (χ0) is 44.2. The summed E-state index contributed by atoms with van der Waals surface area (Å²) < 4.78 is 9.49. The Morgan fingerprint density at radius 3 is 1.53 bits per heavy atom. The summed E-state index contributed by atoms with van der Waals surface area (Å²) in [5.41, 5.74) is 4.81. The van der Waals surface area contributed by atoms with Crippen molar-refractivity contribution in [1.82, 2.24) is 20.4 Å². The number of alkyl carbamates (subject to hydrolysis) is 2. The molecule has 2 saturated heterocycles. The minimum Gasteiger partial charge on any atom is -0.453 e. The molecule has 0 aromatic heterocycles. The number of hydrogen-bond donors (Lipinski definition) is 4. The van der Waals surface area contributed by atoms with E-state index in [2.05, 4.69) is 26.2 Å². The number of likely N-dealkylation sites (tertiary alicyclic amines) is 2. The molecular weight excluding hydrogens is 791 g/mol. The van der Waals surface area contributed by atoms with Crippen LogP contribution >= 0.6 is 0 Å². The lowest BCUT2D eigenvalue weighted by Crippen LogP contribution is -2.54. The summed E-state index contributed by atoms with van der Waals surface area (Å²) in [6.07, 6.45) is 0.895. The molecule has 4 unspecified atom stereocenters. The van der Waals surface area contributed by atoms with Gasteiger partial charge >= 0.3 is 12.2 Å². The zero-order valence-corrected chi connectivity index (χ0v) is 35.5. The van der Waals surface area contributed by atoms with E-state index < -0.39 is 36.4 Å². The molecular formula is C47H55N7O8. The number of rotatable bonds is 15. The Bertz CT molecular complexity index is 2170. The van der Waals surface area contributed by atoms with Gasteiger partial charge in [0.2, 0.25) is 17.7 Å². The van der Waals surface area contributed by atoms with E-state index in [0.29, 0.717) is 68.8 Å². The molecule has 2 aliphatic rings. The number of methoxy groups -OCH3 is 2. The van der Waals surface area contributed by atoms with E-state index in [1.54, 1.807) is 29.2 Å². The van der Waals surface area contributed by atoms with Crippen LogP contribution in [0.5, 0.6) is 0 Å². The number of ether oxygens (including phenoxy) is 2. The van der Waals surface area contributed by atoms with Crippen LogP contribution < -0.4 is 26.2 Å². The smallest absolute Gasteiger partial charge is 0.407 e. The Morgan fingerprint density at radius 2 is 1.06 bits per heavy atom. The SMILES string of the molecule is COC(=O)NC(C(=O)N1CCCC1C(=O)Nc1ccc(CN(Cc2ccc(NC(=O)C3CCCN3C(=O)C(NC(=O)OC)C(C)C)cc2)c2ccccc2)cc1)c1ccccc1. The fourth-order valence-corrected chi connectivity index (χ4v) is 7.92. The lowest BCUT2D eigenvalue weighted by molar-refractivity contribution is -0.139. The molecule has 6 amide bonds. The maximum Gasteiger partial charge on any atom is 0.407 e. The van der Waals surface area contributed by atoms with Gasteiger partial charge in [-0.2, -0.15) is 0 Å². The molecule has 62 heavy (non-hydrogen) atoms. The highest BCUT2D eigenvalue weighted by Crippen LogP contribution is 2.27. The molecule has 0 saturated carbocycles. The van der Waals surface area contributed by atoms with Crippen molar-refractivity contribution < 1.29 is 38.2 Å². The molecule has 4 atom stereocenters. The Labute approximate surface area is 362 Å². The second-order valence-electron chi connectivity index (χ2n) is 15.8. The third-order valence-corrected chi connectivity index (χ3v) is 11.2. The van der Waals surface area contributed by atoms with Gasteiger partial charge in [-0.15, -0.1) is 0 Å². The third-order valence-electron chi connectivity index (χ3n) is 11.2. The maximum atomic E-state index is 13.8. The minimum atomic E-state index is -1.00. The maximum absolute atomic E-state index is 13.8. The van der Waals surface area contributed by atoms with Crippen molar-refractivity contribution in [2.45, 2.75) is 76.8 Å². The molecule has 15 nitrogen and oxygen atoms in total. The Hall–Kier alpha value is -6.90. The molecule has 0 bridgehead atoms. The van der Waals surface area contributed by atoms with Crippen molar-refractivity contribution in [3.05, 3.63) is 126 Å². The fraction of sp³-hybridized carbons (Fsp3) is 0.362. The Kier molecular flexibility index (Phi) is 15.2. The highest BCUT2D eigenvalue weighted by Gasteiger charge is 2.40. The van der Waals surface area contributed by atoms with Crippen LogP contribution in [-0.2, 0) is 41.7 Å². The number of amides is 6. The molecule has 0 aliphatic carbocycles. The van der Waals surface area contributed by atoms with Crippen molar-refractivity contribution in [3.63, 3.8) is 0 Å². The lowest BCUT2D eigenvalue weighted by atomic mass is 10.0. The number of nitrogens with zero attached hydrogens (tertiary/aromatic N) is 3. The van der Waals surface area contributed by atoms with Gasteiger partial charge in [-0.25, -0.2) is 9.59 Å². The van der Waals surface area contributed by atoms with Crippen LogP contribution in [0.15, 0.2) is 109 Å². The molecule has 2 heterocycles. The summed E-state index contributed by atoms with van der Waals surface area (Å²) in [6.45, 7) is 5.59. The van der Waals surface area contributed by atoms with Crippen molar-refractivity contribution in [1.29, 1.82) is 0 Å². The highest BCUT2D eigenvalue weighted by molar-refractivity contribution is 6.00. The number of carbonyl (C=O) groups is 6. The third kappa shape index (κ3) is 11.3. The van der Waals surface area contributed by atoms with Gasteiger partial charge in [0.1, 0.15) is 24.2 Å². The Balaban J connectivity index is 1.07. The van der Waals surface area contributed by atoms with Crippen molar-refractivity contribution in [2.75, 3.05) is 42.8 Å². The van der Waals surface area contributed by atoms with Crippen LogP contribution in [0, 0.1) is 5.92 Å². The summed E-state index contributed by atoms with van der Waals surface area (Å²) in [4.78, 5) is 83.8. The van der Waals surface area contributed by atoms with Gasteiger partial charge in [-0.1, -0.05) is 86.6 Å². The van der Waals surface area contributed by atoms with Gasteiger partial charge in [-0.05, 0) is 84.7 Å². The first-order valence-corrected chi connectivity index (χ1v) is 20.9. The molecule has 4 aromatic carbocycles. The van der Waals surface area contributed by atoms with Gasteiger partial charge in [0.15, 0.2) is 0 Å². The van der Waals surface area contributed by atoms with Gasteiger partial charge < -0.3 is 45.4 Å². The van der Waals surface area contributed by atoms with Crippen molar-refractivity contribution in [3.8, 4) is 0 Å². The van der Waals surface area contributed by atoms with Gasteiger partial charge in [-0.3, -0.25) is 19.2 Å². The molecule has 4 aromatic rings. The second kappa shape index (κ2) is 21.1. The van der Waals surface area contributed by atoms with E-state index in [1.165, 1.54) is 19.1 Å². The molecule has 2 aliphatic heterocycles. The van der Waals surface area contributed by atoms with Crippen LogP contribution in [0.2, 0.25) is 0 Å². The monoisotopic (exact) mass is 845 g/mol. The van der Waals surface area contributed by atoms with Crippen LogP contribution in [0.3, 0.4) is 0 Å². The van der Waals surface area contributed by atoms with E-state index in [4.69, 9.17) is 9.47 Å². The average Bonchev–Trinajstić information content (AvgIpc) is 4.00. The van der Waals surface area contributed by atoms with E-state index >= 15 is 0 Å². The molecule has 0 radical (unpaired) electrons. The van der Waals surface area contributed by atoms with Gasteiger partial charge in [0.25, 0.3) is 5.91 Å². The van der Waals surface area contributed by atoms with E-state index in [1.807, 2.05) is 98.8 Å². The summed E-state index contributed by atoms with van der Waals surface area (Å²) in [6, 6.07) is 30.9. The van der Waals surface area contributed by atoms with Gasteiger partial charge in [0, 0.05) is 43.2 Å². The van der Waals surface area contributed by atoms with Crippen LogP contribution in [-0.4, -0.2) is 91.0 Å². The minimum absolute atomic E-state index is 0.200. The quantitative estimate of drug-likeness (QED) is 0.108. The summed E-state index contributed by atoms with van der Waals surface area (Å²) in [5, 5.41) is 11.2. The number of hydrogen-bond acceptors (Lipinski definition) is 9. The van der Waals surface area contributed by atoms with E-state index in [-0.39, 0.29) is 29.5 Å². The molecule has 0 spiro atoms. The number of anilines is 3. The highest BCUT2D eigenvalue weighted by atomic mass is 16.5. The average molecular weight is 846 g/mol. The van der Waals surface area contributed by atoms with E-state index in [9.17, 15) is 28.8 Å². The lowest BCUT2D eigenvalue weighted by Gasteiger charge is -2.30. The first-order valence-electron chi connectivity index (χ1n) is 20.9. The van der Waals surface area contributed by atoms with E-state index in [0.717, 1.165) is 16.8 Å². The molecule has 4 N–H and O–H groups in total. The molecule has 15 heteroatoms. The molecule has 2 fully saturated rings. The predicted molar refractivity (Wildman–Crippen MR) is 235 cm³/mol. The van der Waals surface area contributed by atoms with Crippen molar-refractivity contribution in [2.24, 2.45) is 5.92 Å². The second-order valence-corrected chi connectivity index (χ2v) is 15.8. The predicted octanol–water partition coefficient (Wildman–Crippen LogP) is 6.23. The zero-order valence-electron chi connectivity index (χ0n) is 35.5. The normalized spacial score (nSPS) is 16.8. The summed E-state index contributed by atoms with van der Waals surface area (Å²) in [7, 11) is 2.48. The largest absolute Gasteiger partial charge is 0.453 e. The first kappa shape index (κ1) is 44.6. The first-order chi connectivity index (χ1) is 29.9. The molecule has 6 rings (SSSR count). The van der Waals surface area contributed by atoms with Crippen LogP contribution in [0.1, 0.15) is 62.3 Å². The van der Waals surface area contributed by atoms with Crippen LogP contribution in [0.4, 0.5) is 26.7 Å². The number of nitrogens with one attached hydrogen (secondary N) is 4. The number of benzene rings is 4.